The summed E-state index contributed by atoms with van der Waals surface area (Å²) in [4.78, 5) is 21.0. The van der Waals surface area contributed by atoms with Gasteiger partial charge in [-0.15, -0.1) is 0 Å². The standard InChI is InChI=1S/C21H21ClN4O/c1-13-9-14(2)20(17(22)10-13)26-21(27)18-11-24-19(12-23-18)25-15(3)16-7-5-4-6-8-16/h4-12,15H,1-3H3,(H,24,25)(H,26,27). The van der Waals surface area contributed by atoms with Crippen LogP contribution < -0.4 is 10.6 Å². The maximum atomic E-state index is 12.5. The fourth-order valence-electron chi connectivity index (χ4n) is 2.82. The van der Waals surface area contributed by atoms with E-state index >= 15 is 0 Å². The number of hydrogen-bond acceptors (Lipinski definition) is 4. The Bertz CT molecular complexity index is 919. The van der Waals surface area contributed by atoms with E-state index in [1.54, 1.807) is 6.20 Å². The summed E-state index contributed by atoms with van der Waals surface area (Å²) in [6.45, 7) is 5.90. The van der Waals surface area contributed by atoms with Gasteiger partial charge in [-0.3, -0.25) is 4.79 Å². The van der Waals surface area contributed by atoms with Crippen LogP contribution in [0.1, 0.15) is 40.1 Å². The summed E-state index contributed by atoms with van der Waals surface area (Å²) in [6.07, 6.45) is 3.00. The number of benzene rings is 2. The van der Waals surface area contributed by atoms with Crippen LogP contribution in [0.2, 0.25) is 5.02 Å². The molecular formula is C21H21ClN4O. The molecule has 3 rings (SSSR count). The third kappa shape index (κ3) is 4.63. The minimum atomic E-state index is -0.348. The zero-order valence-corrected chi connectivity index (χ0v) is 16.2. The van der Waals surface area contributed by atoms with Crippen LogP contribution in [-0.4, -0.2) is 15.9 Å². The van der Waals surface area contributed by atoms with Gasteiger partial charge in [-0.05, 0) is 43.5 Å². The number of anilines is 2. The molecular weight excluding hydrogens is 360 g/mol. The molecule has 0 saturated carbocycles. The Morgan fingerprint density at radius 3 is 2.44 bits per heavy atom. The Balaban J connectivity index is 1.69. The summed E-state index contributed by atoms with van der Waals surface area (Å²) in [5.41, 5.74) is 3.90. The quantitative estimate of drug-likeness (QED) is 0.640. The van der Waals surface area contributed by atoms with E-state index in [1.807, 2.05) is 63.2 Å². The number of carbonyl (C=O) groups excluding carboxylic acids is 1. The van der Waals surface area contributed by atoms with E-state index in [0.29, 0.717) is 16.5 Å². The lowest BCUT2D eigenvalue weighted by Gasteiger charge is -2.15. The molecule has 1 aromatic heterocycles. The number of aromatic nitrogens is 2. The summed E-state index contributed by atoms with van der Waals surface area (Å²) in [7, 11) is 0. The Labute approximate surface area is 163 Å². The van der Waals surface area contributed by atoms with Gasteiger partial charge in [0.1, 0.15) is 11.5 Å². The fourth-order valence-corrected chi connectivity index (χ4v) is 3.19. The van der Waals surface area contributed by atoms with Crippen LogP contribution in [0, 0.1) is 13.8 Å². The maximum Gasteiger partial charge on any atom is 0.275 e. The van der Waals surface area contributed by atoms with Crippen molar-refractivity contribution in [3.05, 3.63) is 82.3 Å². The number of aryl methyl sites for hydroxylation is 2. The third-order valence-electron chi connectivity index (χ3n) is 4.22. The van der Waals surface area contributed by atoms with Crippen LogP contribution in [0.3, 0.4) is 0 Å². The highest BCUT2D eigenvalue weighted by atomic mass is 35.5. The molecule has 0 aliphatic rings. The molecule has 1 heterocycles. The maximum absolute atomic E-state index is 12.5. The van der Waals surface area contributed by atoms with Crippen LogP contribution in [0.5, 0.6) is 0 Å². The number of hydrogen-bond donors (Lipinski definition) is 2. The minimum absolute atomic E-state index is 0.0780. The van der Waals surface area contributed by atoms with E-state index in [2.05, 4.69) is 20.6 Å². The molecule has 3 aromatic rings. The zero-order chi connectivity index (χ0) is 19.4. The van der Waals surface area contributed by atoms with Crippen molar-refractivity contribution in [2.75, 3.05) is 10.6 Å². The fraction of sp³-hybridized carbons (Fsp3) is 0.190. The van der Waals surface area contributed by atoms with E-state index in [4.69, 9.17) is 11.6 Å². The first-order valence-corrected chi connectivity index (χ1v) is 9.03. The molecule has 0 fully saturated rings. The molecule has 1 amide bonds. The molecule has 0 bridgehead atoms. The van der Waals surface area contributed by atoms with Gasteiger partial charge in [0.25, 0.3) is 5.91 Å². The van der Waals surface area contributed by atoms with E-state index in [-0.39, 0.29) is 17.6 Å². The number of rotatable bonds is 5. The first-order valence-electron chi connectivity index (χ1n) is 8.65. The van der Waals surface area contributed by atoms with Crippen molar-refractivity contribution >= 4 is 29.0 Å². The minimum Gasteiger partial charge on any atom is -0.362 e. The van der Waals surface area contributed by atoms with Gasteiger partial charge in [0.05, 0.1) is 23.1 Å². The Hall–Kier alpha value is -2.92. The topological polar surface area (TPSA) is 66.9 Å². The Kier molecular flexibility index (Phi) is 5.72. The number of halogens is 1. The SMILES string of the molecule is Cc1cc(C)c(NC(=O)c2cnc(NC(C)c3ccccc3)cn2)c(Cl)c1. The van der Waals surface area contributed by atoms with Gasteiger partial charge in [0, 0.05) is 6.04 Å². The summed E-state index contributed by atoms with van der Waals surface area (Å²) >= 11 is 6.25. The second kappa shape index (κ2) is 8.18. The predicted molar refractivity (Wildman–Crippen MR) is 109 cm³/mol. The normalized spacial score (nSPS) is 11.7. The molecule has 1 unspecified atom stereocenters. The second-order valence-corrected chi connectivity index (χ2v) is 6.86. The second-order valence-electron chi connectivity index (χ2n) is 6.46. The first-order chi connectivity index (χ1) is 12.9. The van der Waals surface area contributed by atoms with E-state index in [1.165, 1.54) is 6.20 Å². The summed E-state index contributed by atoms with van der Waals surface area (Å²) in [5.74, 6) is 0.256. The van der Waals surface area contributed by atoms with Gasteiger partial charge in [-0.1, -0.05) is 48.0 Å². The summed E-state index contributed by atoms with van der Waals surface area (Å²) < 4.78 is 0. The van der Waals surface area contributed by atoms with Crippen LogP contribution in [0.4, 0.5) is 11.5 Å². The van der Waals surface area contributed by atoms with Gasteiger partial charge in [0.2, 0.25) is 0 Å². The Morgan fingerprint density at radius 1 is 1.07 bits per heavy atom. The molecule has 0 saturated heterocycles. The van der Waals surface area contributed by atoms with Crippen LogP contribution in [-0.2, 0) is 0 Å². The first kappa shape index (κ1) is 18.9. The third-order valence-corrected chi connectivity index (χ3v) is 4.52. The van der Waals surface area contributed by atoms with E-state index in [9.17, 15) is 4.79 Å². The van der Waals surface area contributed by atoms with E-state index in [0.717, 1.165) is 16.7 Å². The number of carbonyl (C=O) groups is 1. The average molecular weight is 381 g/mol. The number of amides is 1. The predicted octanol–water partition coefficient (Wildman–Crippen LogP) is 5.17. The highest BCUT2D eigenvalue weighted by molar-refractivity contribution is 6.34. The zero-order valence-electron chi connectivity index (χ0n) is 15.5. The largest absolute Gasteiger partial charge is 0.362 e. The van der Waals surface area contributed by atoms with Gasteiger partial charge in [-0.25, -0.2) is 9.97 Å². The van der Waals surface area contributed by atoms with Crippen molar-refractivity contribution in [1.82, 2.24) is 9.97 Å². The van der Waals surface area contributed by atoms with Crippen molar-refractivity contribution in [1.29, 1.82) is 0 Å². The van der Waals surface area contributed by atoms with Crippen molar-refractivity contribution in [3.63, 3.8) is 0 Å². The molecule has 0 spiro atoms. The molecule has 0 radical (unpaired) electrons. The lowest BCUT2D eigenvalue weighted by molar-refractivity contribution is 0.102. The van der Waals surface area contributed by atoms with Crippen LogP contribution >= 0.6 is 11.6 Å². The summed E-state index contributed by atoms with van der Waals surface area (Å²) in [5, 5.41) is 6.59. The molecule has 1 atom stereocenters. The molecule has 0 aliphatic heterocycles. The summed E-state index contributed by atoms with van der Waals surface area (Å²) in [6, 6.07) is 13.9. The van der Waals surface area contributed by atoms with Crippen LogP contribution in [0.25, 0.3) is 0 Å². The lowest BCUT2D eigenvalue weighted by Crippen LogP contribution is -2.16. The van der Waals surface area contributed by atoms with Crippen molar-refractivity contribution in [3.8, 4) is 0 Å². The van der Waals surface area contributed by atoms with Crippen molar-refractivity contribution in [2.24, 2.45) is 0 Å². The highest BCUT2D eigenvalue weighted by Crippen LogP contribution is 2.27. The van der Waals surface area contributed by atoms with Gasteiger partial charge < -0.3 is 10.6 Å². The number of nitrogens with one attached hydrogen (secondary N) is 2. The highest BCUT2D eigenvalue weighted by Gasteiger charge is 2.13. The number of nitrogens with zero attached hydrogens (tertiary/aromatic N) is 2. The Morgan fingerprint density at radius 2 is 1.81 bits per heavy atom. The average Bonchev–Trinajstić information content (AvgIpc) is 2.65. The smallest absolute Gasteiger partial charge is 0.275 e. The molecule has 138 valence electrons. The van der Waals surface area contributed by atoms with Crippen LogP contribution in [0.15, 0.2) is 54.9 Å². The van der Waals surface area contributed by atoms with Gasteiger partial charge in [0.15, 0.2) is 0 Å². The molecule has 5 nitrogen and oxygen atoms in total. The molecule has 6 heteroatoms. The molecule has 2 N–H and O–H groups in total. The lowest BCUT2D eigenvalue weighted by atomic mass is 10.1. The molecule has 0 aliphatic carbocycles. The molecule has 2 aromatic carbocycles. The van der Waals surface area contributed by atoms with Crippen molar-refractivity contribution < 1.29 is 4.79 Å². The molecule has 27 heavy (non-hydrogen) atoms. The van der Waals surface area contributed by atoms with Crippen molar-refractivity contribution in [2.45, 2.75) is 26.8 Å². The van der Waals surface area contributed by atoms with Gasteiger partial charge >= 0.3 is 0 Å². The van der Waals surface area contributed by atoms with Gasteiger partial charge in [-0.2, -0.15) is 0 Å². The monoisotopic (exact) mass is 380 g/mol. The van der Waals surface area contributed by atoms with E-state index < -0.39 is 0 Å².